The van der Waals surface area contributed by atoms with Crippen molar-refractivity contribution < 1.29 is 9.90 Å². The Bertz CT molecular complexity index is 519. The smallest absolute Gasteiger partial charge is 0.311 e. The van der Waals surface area contributed by atoms with Gasteiger partial charge in [-0.2, -0.15) is 0 Å². The number of hydrogen-bond acceptors (Lipinski definition) is 4. The van der Waals surface area contributed by atoms with Crippen LogP contribution >= 0.6 is 0 Å². The molecular formula is C11H12N4O2. The molecule has 0 fully saturated rings. The summed E-state index contributed by atoms with van der Waals surface area (Å²) in [5, 5.41) is 20.1. The molecule has 0 amide bonds. The molecule has 6 nitrogen and oxygen atoms in total. The van der Waals surface area contributed by atoms with Gasteiger partial charge in [0.1, 0.15) is 6.42 Å². The highest BCUT2D eigenvalue weighted by molar-refractivity contribution is 5.68. The summed E-state index contributed by atoms with van der Waals surface area (Å²) >= 11 is 0. The van der Waals surface area contributed by atoms with E-state index in [2.05, 4.69) is 22.3 Å². The molecule has 1 heterocycles. The van der Waals surface area contributed by atoms with Gasteiger partial charge < -0.3 is 5.11 Å². The number of nitrogens with zero attached hydrogens (tertiary/aromatic N) is 4. The fraction of sp³-hybridized carbons (Fsp3) is 0.273. The Kier molecular flexibility index (Phi) is 3.13. The Hall–Kier alpha value is -2.24. The molecule has 0 saturated heterocycles. The van der Waals surface area contributed by atoms with Gasteiger partial charge in [0.2, 0.25) is 0 Å². The first-order valence-corrected chi connectivity index (χ1v) is 5.29. The van der Waals surface area contributed by atoms with E-state index in [1.54, 1.807) is 0 Å². The molecule has 2 rings (SSSR count). The van der Waals surface area contributed by atoms with Crippen molar-refractivity contribution in [3.8, 4) is 5.69 Å². The number of tetrazole rings is 1. The Morgan fingerprint density at radius 1 is 1.35 bits per heavy atom. The van der Waals surface area contributed by atoms with Gasteiger partial charge in [0, 0.05) is 0 Å². The van der Waals surface area contributed by atoms with Crippen LogP contribution in [0.1, 0.15) is 18.3 Å². The quantitative estimate of drug-likeness (QED) is 0.845. The summed E-state index contributed by atoms with van der Waals surface area (Å²) in [5.41, 5.74) is 1.99. The second kappa shape index (κ2) is 4.73. The SMILES string of the molecule is CCc1ccc(-n2nnc(CC(=O)O)n2)cc1. The van der Waals surface area contributed by atoms with Gasteiger partial charge in [0.25, 0.3) is 0 Å². The van der Waals surface area contributed by atoms with Crippen molar-refractivity contribution in [2.75, 3.05) is 0 Å². The first-order chi connectivity index (χ1) is 8.19. The van der Waals surface area contributed by atoms with Gasteiger partial charge in [-0.15, -0.1) is 15.0 Å². The largest absolute Gasteiger partial charge is 0.481 e. The van der Waals surface area contributed by atoms with E-state index in [0.717, 1.165) is 12.1 Å². The number of aromatic nitrogens is 4. The number of carbonyl (C=O) groups is 1. The Labute approximate surface area is 97.9 Å². The highest BCUT2D eigenvalue weighted by atomic mass is 16.4. The minimum Gasteiger partial charge on any atom is -0.481 e. The maximum absolute atomic E-state index is 10.5. The van der Waals surface area contributed by atoms with E-state index in [1.807, 2.05) is 24.3 Å². The third-order valence-corrected chi connectivity index (χ3v) is 2.34. The van der Waals surface area contributed by atoms with Crippen molar-refractivity contribution in [3.05, 3.63) is 35.7 Å². The van der Waals surface area contributed by atoms with E-state index in [1.165, 1.54) is 10.4 Å². The molecule has 0 saturated carbocycles. The molecule has 0 spiro atoms. The lowest BCUT2D eigenvalue weighted by atomic mass is 10.2. The lowest BCUT2D eigenvalue weighted by molar-refractivity contribution is -0.136. The first kappa shape index (κ1) is 11.3. The van der Waals surface area contributed by atoms with Crippen LogP contribution in [-0.4, -0.2) is 31.3 Å². The van der Waals surface area contributed by atoms with Gasteiger partial charge in [-0.25, -0.2) is 0 Å². The third kappa shape index (κ3) is 2.66. The van der Waals surface area contributed by atoms with Crippen LogP contribution in [0.5, 0.6) is 0 Å². The zero-order valence-corrected chi connectivity index (χ0v) is 9.37. The molecule has 0 aliphatic carbocycles. The van der Waals surface area contributed by atoms with Crippen molar-refractivity contribution in [1.29, 1.82) is 0 Å². The number of aryl methyl sites for hydroxylation is 1. The zero-order valence-electron chi connectivity index (χ0n) is 9.37. The minimum absolute atomic E-state index is 0.206. The fourth-order valence-corrected chi connectivity index (χ4v) is 1.42. The summed E-state index contributed by atoms with van der Waals surface area (Å²) in [7, 11) is 0. The van der Waals surface area contributed by atoms with Crippen LogP contribution in [0, 0.1) is 0 Å². The van der Waals surface area contributed by atoms with Gasteiger partial charge in [-0.05, 0) is 29.3 Å². The monoisotopic (exact) mass is 232 g/mol. The van der Waals surface area contributed by atoms with Crippen molar-refractivity contribution in [2.45, 2.75) is 19.8 Å². The van der Waals surface area contributed by atoms with Crippen LogP contribution in [0.3, 0.4) is 0 Å². The summed E-state index contributed by atoms with van der Waals surface area (Å²) in [4.78, 5) is 11.8. The maximum atomic E-state index is 10.5. The van der Waals surface area contributed by atoms with Gasteiger partial charge in [0.05, 0.1) is 5.69 Å². The molecule has 2 aromatic rings. The molecule has 17 heavy (non-hydrogen) atoms. The van der Waals surface area contributed by atoms with Crippen LogP contribution in [0.25, 0.3) is 5.69 Å². The van der Waals surface area contributed by atoms with Crippen LogP contribution < -0.4 is 0 Å². The van der Waals surface area contributed by atoms with Gasteiger partial charge >= 0.3 is 5.97 Å². The molecule has 0 aliphatic heterocycles. The number of carboxylic acids is 1. The number of hydrogen-bond donors (Lipinski definition) is 1. The Morgan fingerprint density at radius 2 is 2.06 bits per heavy atom. The van der Waals surface area contributed by atoms with E-state index in [4.69, 9.17) is 5.11 Å². The van der Waals surface area contributed by atoms with E-state index in [9.17, 15) is 4.79 Å². The molecule has 6 heteroatoms. The molecule has 0 aliphatic rings. The van der Waals surface area contributed by atoms with Crippen LogP contribution in [0.15, 0.2) is 24.3 Å². The third-order valence-electron chi connectivity index (χ3n) is 2.34. The predicted molar refractivity (Wildman–Crippen MR) is 59.9 cm³/mol. The standard InChI is InChI=1S/C11H12N4O2/c1-2-8-3-5-9(6-4-8)15-13-10(12-14-15)7-11(16)17/h3-6H,2,7H2,1H3,(H,16,17). The summed E-state index contributed by atoms with van der Waals surface area (Å²) in [5.74, 6) is -0.761. The average molecular weight is 232 g/mol. The van der Waals surface area contributed by atoms with Crippen molar-refractivity contribution in [3.63, 3.8) is 0 Å². The van der Waals surface area contributed by atoms with Gasteiger partial charge in [-0.3, -0.25) is 4.79 Å². The molecular weight excluding hydrogens is 220 g/mol. The summed E-state index contributed by atoms with van der Waals surface area (Å²) in [6.45, 7) is 2.08. The number of benzene rings is 1. The fourth-order valence-electron chi connectivity index (χ4n) is 1.42. The second-order valence-electron chi connectivity index (χ2n) is 3.59. The van der Waals surface area contributed by atoms with Crippen LogP contribution in [0.2, 0.25) is 0 Å². The number of carboxylic acid groups (broad SMARTS) is 1. The van der Waals surface area contributed by atoms with Crippen molar-refractivity contribution >= 4 is 5.97 Å². The average Bonchev–Trinajstić information content (AvgIpc) is 2.77. The number of rotatable bonds is 4. The van der Waals surface area contributed by atoms with E-state index in [0.29, 0.717) is 0 Å². The molecule has 1 aromatic carbocycles. The Morgan fingerprint density at radius 3 is 2.65 bits per heavy atom. The van der Waals surface area contributed by atoms with E-state index < -0.39 is 5.97 Å². The molecule has 88 valence electrons. The number of aliphatic carboxylic acids is 1. The van der Waals surface area contributed by atoms with Crippen molar-refractivity contribution in [2.24, 2.45) is 0 Å². The Balaban J connectivity index is 2.21. The maximum Gasteiger partial charge on any atom is 0.311 e. The highest BCUT2D eigenvalue weighted by Gasteiger charge is 2.08. The summed E-state index contributed by atoms with van der Waals surface area (Å²) in [6.07, 6.45) is 0.752. The van der Waals surface area contributed by atoms with Crippen molar-refractivity contribution in [1.82, 2.24) is 20.2 Å². The van der Waals surface area contributed by atoms with Gasteiger partial charge in [-0.1, -0.05) is 19.1 Å². The lowest BCUT2D eigenvalue weighted by Crippen LogP contribution is -2.03. The predicted octanol–water partition coefficient (Wildman–Crippen LogP) is 0.852. The summed E-state index contributed by atoms with van der Waals surface area (Å²) in [6, 6.07) is 7.72. The highest BCUT2D eigenvalue weighted by Crippen LogP contribution is 2.07. The molecule has 0 bridgehead atoms. The minimum atomic E-state index is -0.967. The van der Waals surface area contributed by atoms with E-state index >= 15 is 0 Å². The zero-order chi connectivity index (χ0) is 12.3. The molecule has 0 radical (unpaired) electrons. The lowest BCUT2D eigenvalue weighted by Gasteiger charge is -1.99. The molecule has 1 N–H and O–H groups in total. The van der Waals surface area contributed by atoms with Gasteiger partial charge in [0.15, 0.2) is 5.82 Å². The topological polar surface area (TPSA) is 80.9 Å². The molecule has 0 atom stereocenters. The first-order valence-electron chi connectivity index (χ1n) is 5.29. The normalized spacial score (nSPS) is 10.4. The molecule has 1 aromatic heterocycles. The van der Waals surface area contributed by atoms with Crippen LogP contribution in [0.4, 0.5) is 0 Å². The second-order valence-corrected chi connectivity index (χ2v) is 3.59. The summed E-state index contributed by atoms with van der Waals surface area (Å²) < 4.78 is 0. The van der Waals surface area contributed by atoms with E-state index in [-0.39, 0.29) is 12.2 Å². The molecule has 0 unspecified atom stereocenters. The van der Waals surface area contributed by atoms with Crippen LogP contribution in [-0.2, 0) is 17.6 Å².